The maximum atomic E-state index is 13.9. The molecule has 0 spiro atoms. The number of anilines is 1. The van der Waals surface area contributed by atoms with Gasteiger partial charge in [-0.2, -0.15) is 0 Å². The topological polar surface area (TPSA) is 81.4 Å². The SMILES string of the molecule is Cc1ccc(C(C)C)c(OCC(=O)Nc2cc(C(N)=O)cc(F)c2C)c1. The van der Waals surface area contributed by atoms with Crippen LogP contribution < -0.4 is 15.8 Å². The van der Waals surface area contributed by atoms with Crippen molar-refractivity contribution in [1.29, 1.82) is 0 Å². The number of rotatable bonds is 6. The third-order valence-electron chi connectivity index (χ3n) is 4.05. The van der Waals surface area contributed by atoms with Crippen molar-refractivity contribution in [2.24, 2.45) is 5.73 Å². The zero-order valence-corrected chi connectivity index (χ0v) is 15.4. The summed E-state index contributed by atoms with van der Waals surface area (Å²) in [6, 6.07) is 8.24. The minimum absolute atomic E-state index is 0.00917. The van der Waals surface area contributed by atoms with Gasteiger partial charge < -0.3 is 15.8 Å². The van der Waals surface area contributed by atoms with E-state index < -0.39 is 17.6 Å². The largest absolute Gasteiger partial charge is 0.483 e. The summed E-state index contributed by atoms with van der Waals surface area (Å²) >= 11 is 0. The van der Waals surface area contributed by atoms with Crippen LogP contribution in [0, 0.1) is 19.7 Å². The molecule has 2 rings (SSSR count). The lowest BCUT2D eigenvalue weighted by Gasteiger charge is -2.15. The Kier molecular flexibility index (Phi) is 5.97. The maximum Gasteiger partial charge on any atom is 0.262 e. The molecule has 0 bridgehead atoms. The number of carbonyl (C=O) groups excluding carboxylic acids is 2. The predicted molar refractivity (Wildman–Crippen MR) is 99.0 cm³/mol. The molecule has 0 aliphatic carbocycles. The second kappa shape index (κ2) is 7.99. The van der Waals surface area contributed by atoms with Gasteiger partial charge in [0.05, 0.1) is 0 Å². The van der Waals surface area contributed by atoms with Gasteiger partial charge in [0.2, 0.25) is 5.91 Å². The normalized spacial score (nSPS) is 10.7. The van der Waals surface area contributed by atoms with Crippen LogP contribution in [0.2, 0.25) is 0 Å². The molecule has 2 aromatic rings. The van der Waals surface area contributed by atoms with Crippen molar-refractivity contribution in [1.82, 2.24) is 0 Å². The summed E-state index contributed by atoms with van der Waals surface area (Å²) < 4.78 is 19.6. The van der Waals surface area contributed by atoms with Gasteiger partial charge in [-0.25, -0.2) is 4.39 Å². The third kappa shape index (κ3) is 4.59. The average Bonchev–Trinajstić information content (AvgIpc) is 2.56. The molecule has 3 N–H and O–H groups in total. The molecule has 0 aliphatic rings. The molecule has 0 aromatic heterocycles. The van der Waals surface area contributed by atoms with Gasteiger partial charge in [-0.15, -0.1) is 0 Å². The summed E-state index contributed by atoms with van der Waals surface area (Å²) in [5.74, 6) is -0.943. The van der Waals surface area contributed by atoms with Gasteiger partial charge in [-0.1, -0.05) is 26.0 Å². The lowest BCUT2D eigenvalue weighted by Crippen LogP contribution is -2.22. The quantitative estimate of drug-likeness (QED) is 0.826. The Morgan fingerprint density at radius 3 is 2.50 bits per heavy atom. The lowest BCUT2D eigenvalue weighted by atomic mass is 10.0. The van der Waals surface area contributed by atoms with Crippen LogP contribution >= 0.6 is 0 Å². The minimum atomic E-state index is -0.767. The van der Waals surface area contributed by atoms with E-state index in [9.17, 15) is 14.0 Å². The zero-order valence-electron chi connectivity index (χ0n) is 15.4. The van der Waals surface area contributed by atoms with Crippen LogP contribution in [0.3, 0.4) is 0 Å². The molecule has 0 atom stereocenters. The summed E-state index contributed by atoms with van der Waals surface area (Å²) in [5.41, 5.74) is 7.62. The fraction of sp³-hybridized carbons (Fsp3) is 0.300. The van der Waals surface area contributed by atoms with Gasteiger partial charge in [0.25, 0.3) is 5.91 Å². The molecule has 2 amide bonds. The van der Waals surface area contributed by atoms with Crippen molar-refractivity contribution in [3.63, 3.8) is 0 Å². The number of carbonyl (C=O) groups is 2. The van der Waals surface area contributed by atoms with Crippen molar-refractivity contribution in [3.8, 4) is 5.75 Å². The maximum absolute atomic E-state index is 13.9. The van der Waals surface area contributed by atoms with E-state index in [0.717, 1.165) is 17.2 Å². The van der Waals surface area contributed by atoms with E-state index >= 15 is 0 Å². The molecule has 0 saturated carbocycles. The highest BCUT2D eigenvalue weighted by Gasteiger charge is 2.14. The summed E-state index contributed by atoms with van der Waals surface area (Å²) in [6.45, 7) is 7.30. The van der Waals surface area contributed by atoms with E-state index in [1.807, 2.05) is 39.0 Å². The molecule has 6 heteroatoms. The van der Waals surface area contributed by atoms with Crippen LogP contribution in [0.4, 0.5) is 10.1 Å². The standard InChI is InChI=1S/C20H23FN2O3/c1-11(2)15-6-5-12(3)7-18(15)26-10-19(24)23-17-9-14(20(22)25)8-16(21)13(17)4/h5-9,11H,10H2,1-4H3,(H2,22,25)(H,23,24). The number of primary amides is 1. The molecule has 0 radical (unpaired) electrons. The number of nitrogens with two attached hydrogens (primary N) is 1. The van der Waals surface area contributed by atoms with Crippen LogP contribution in [0.15, 0.2) is 30.3 Å². The van der Waals surface area contributed by atoms with Gasteiger partial charge in [-0.3, -0.25) is 9.59 Å². The number of benzene rings is 2. The first-order valence-corrected chi connectivity index (χ1v) is 8.32. The second-order valence-electron chi connectivity index (χ2n) is 6.53. The molecule has 0 aliphatic heterocycles. The molecule has 5 nitrogen and oxygen atoms in total. The molecule has 0 fully saturated rings. The van der Waals surface area contributed by atoms with E-state index in [4.69, 9.17) is 10.5 Å². The Labute approximate surface area is 152 Å². The first kappa shape index (κ1) is 19.4. The Hall–Kier alpha value is -2.89. The van der Waals surface area contributed by atoms with Crippen molar-refractivity contribution in [3.05, 3.63) is 58.4 Å². The Balaban J connectivity index is 2.13. The van der Waals surface area contributed by atoms with E-state index in [-0.39, 0.29) is 29.3 Å². The summed E-state index contributed by atoms with van der Waals surface area (Å²) in [7, 11) is 0. The molecule has 2 aromatic carbocycles. The van der Waals surface area contributed by atoms with Crippen molar-refractivity contribution >= 4 is 17.5 Å². The van der Waals surface area contributed by atoms with E-state index in [1.165, 1.54) is 13.0 Å². The number of aryl methyl sites for hydroxylation is 1. The second-order valence-corrected chi connectivity index (χ2v) is 6.53. The molecule has 0 heterocycles. The molecular formula is C20H23FN2O3. The smallest absolute Gasteiger partial charge is 0.262 e. The number of hydrogen-bond acceptors (Lipinski definition) is 3. The lowest BCUT2D eigenvalue weighted by molar-refractivity contribution is -0.118. The monoisotopic (exact) mass is 358 g/mol. The average molecular weight is 358 g/mol. The molecule has 0 saturated heterocycles. The molecule has 0 unspecified atom stereocenters. The number of nitrogens with one attached hydrogen (secondary N) is 1. The number of hydrogen-bond donors (Lipinski definition) is 2. The van der Waals surface area contributed by atoms with Crippen molar-refractivity contribution in [2.75, 3.05) is 11.9 Å². The van der Waals surface area contributed by atoms with Crippen molar-refractivity contribution < 1.29 is 18.7 Å². The van der Waals surface area contributed by atoms with Crippen LogP contribution in [-0.2, 0) is 4.79 Å². The van der Waals surface area contributed by atoms with Crippen molar-refractivity contribution in [2.45, 2.75) is 33.6 Å². The summed E-state index contributed by atoms with van der Waals surface area (Å²) in [4.78, 5) is 23.5. The number of ether oxygens (including phenoxy) is 1. The third-order valence-corrected chi connectivity index (χ3v) is 4.05. The van der Waals surface area contributed by atoms with Gasteiger partial charge in [0.1, 0.15) is 11.6 Å². The summed E-state index contributed by atoms with van der Waals surface area (Å²) in [5, 5.41) is 2.57. The number of halogens is 1. The molecular weight excluding hydrogens is 335 g/mol. The highest BCUT2D eigenvalue weighted by molar-refractivity contribution is 5.97. The van der Waals surface area contributed by atoms with E-state index in [0.29, 0.717) is 5.75 Å². The van der Waals surface area contributed by atoms with Crippen LogP contribution in [-0.4, -0.2) is 18.4 Å². The Morgan fingerprint density at radius 1 is 1.19 bits per heavy atom. The van der Waals surface area contributed by atoms with Gasteiger partial charge in [-0.05, 0) is 49.1 Å². The number of amides is 2. The Morgan fingerprint density at radius 2 is 1.88 bits per heavy atom. The predicted octanol–water partition coefficient (Wildman–Crippen LogP) is 3.68. The molecule has 138 valence electrons. The first-order valence-electron chi connectivity index (χ1n) is 8.32. The van der Waals surface area contributed by atoms with Crippen LogP contribution in [0.25, 0.3) is 0 Å². The summed E-state index contributed by atoms with van der Waals surface area (Å²) in [6.07, 6.45) is 0. The van der Waals surface area contributed by atoms with Crippen LogP contribution in [0.5, 0.6) is 5.75 Å². The highest BCUT2D eigenvalue weighted by Crippen LogP contribution is 2.27. The van der Waals surface area contributed by atoms with Gasteiger partial charge in [0, 0.05) is 16.8 Å². The van der Waals surface area contributed by atoms with Gasteiger partial charge in [0.15, 0.2) is 6.61 Å². The van der Waals surface area contributed by atoms with Gasteiger partial charge >= 0.3 is 0 Å². The Bertz CT molecular complexity index is 847. The fourth-order valence-electron chi connectivity index (χ4n) is 2.52. The fourth-order valence-corrected chi connectivity index (χ4v) is 2.52. The first-order chi connectivity index (χ1) is 12.2. The molecule has 26 heavy (non-hydrogen) atoms. The van der Waals surface area contributed by atoms with Crippen LogP contribution in [0.1, 0.15) is 46.8 Å². The minimum Gasteiger partial charge on any atom is -0.483 e. The zero-order chi connectivity index (χ0) is 19.4. The van der Waals surface area contributed by atoms with E-state index in [1.54, 1.807) is 0 Å². The highest BCUT2D eigenvalue weighted by atomic mass is 19.1. The van der Waals surface area contributed by atoms with E-state index in [2.05, 4.69) is 5.32 Å².